The summed E-state index contributed by atoms with van der Waals surface area (Å²) in [6.07, 6.45) is 5.02. The van der Waals surface area contributed by atoms with Gasteiger partial charge in [-0.2, -0.15) is 4.98 Å². The molecule has 8 heteroatoms. The second-order valence-corrected chi connectivity index (χ2v) is 7.38. The zero-order chi connectivity index (χ0) is 20.3. The topological polar surface area (TPSA) is 81.4 Å². The van der Waals surface area contributed by atoms with Crippen molar-refractivity contribution in [3.8, 4) is 17.2 Å². The molecule has 29 heavy (non-hydrogen) atoms. The predicted molar refractivity (Wildman–Crippen MR) is 103 cm³/mol. The number of aromatic nitrogens is 3. The van der Waals surface area contributed by atoms with Gasteiger partial charge in [0.2, 0.25) is 0 Å². The smallest absolute Gasteiger partial charge is 0.260 e. The van der Waals surface area contributed by atoms with Crippen LogP contribution in [0.25, 0.3) is 11.5 Å². The van der Waals surface area contributed by atoms with Crippen molar-refractivity contribution >= 4 is 5.91 Å². The number of halogens is 1. The third kappa shape index (κ3) is 4.26. The van der Waals surface area contributed by atoms with Crippen LogP contribution in [0.15, 0.2) is 53.3 Å². The number of carbonyl (C=O) groups excluding carboxylic acids is 1. The van der Waals surface area contributed by atoms with E-state index >= 15 is 0 Å². The lowest BCUT2D eigenvalue weighted by atomic mass is 9.81. The van der Waals surface area contributed by atoms with E-state index in [1.54, 1.807) is 17.3 Å². The average Bonchev–Trinajstić information content (AvgIpc) is 3.25. The highest BCUT2D eigenvalue weighted by atomic mass is 19.1. The van der Waals surface area contributed by atoms with Gasteiger partial charge in [0.1, 0.15) is 11.6 Å². The van der Waals surface area contributed by atoms with Crippen LogP contribution in [0.4, 0.5) is 4.39 Å². The lowest BCUT2D eigenvalue weighted by Crippen LogP contribution is -2.48. The van der Waals surface area contributed by atoms with E-state index < -0.39 is 5.41 Å². The maximum Gasteiger partial charge on any atom is 0.260 e. The molecule has 2 aromatic heterocycles. The summed E-state index contributed by atoms with van der Waals surface area (Å²) in [5.41, 5.74) is 0.400. The molecule has 1 atom stereocenters. The minimum absolute atomic E-state index is 0.101. The van der Waals surface area contributed by atoms with Crippen LogP contribution in [-0.2, 0) is 10.2 Å². The fraction of sp³-hybridized carbons (Fsp3) is 0.333. The Balaban J connectivity index is 1.42. The van der Waals surface area contributed by atoms with Crippen molar-refractivity contribution in [2.75, 3.05) is 19.7 Å². The highest BCUT2D eigenvalue weighted by Gasteiger charge is 2.38. The second kappa shape index (κ2) is 7.98. The number of rotatable bonds is 5. The predicted octanol–water partition coefficient (Wildman–Crippen LogP) is 3.23. The van der Waals surface area contributed by atoms with Gasteiger partial charge in [0.15, 0.2) is 12.4 Å². The first-order valence-electron chi connectivity index (χ1n) is 9.44. The summed E-state index contributed by atoms with van der Waals surface area (Å²) in [7, 11) is 0. The molecule has 3 heterocycles. The highest BCUT2D eigenvalue weighted by molar-refractivity contribution is 5.78. The number of pyridine rings is 1. The fourth-order valence-electron chi connectivity index (χ4n) is 3.48. The van der Waals surface area contributed by atoms with Crippen LogP contribution in [0, 0.1) is 5.82 Å². The number of carbonyl (C=O) groups is 1. The fourth-order valence-corrected chi connectivity index (χ4v) is 3.48. The molecule has 0 spiro atoms. The van der Waals surface area contributed by atoms with E-state index in [1.807, 2.05) is 19.1 Å². The summed E-state index contributed by atoms with van der Waals surface area (Å²) >= 11 is 0. The van der Waals surface area contributed by atoms with Crippen molar-refractivity contribution in [3.05, 3.63) is 60.4 Å². The van der Waals surface area contributed by atoms with Gasteiger partial charge >= 0.3 is 0 Å². The van der Waals surface area contributed by atoms with Crippen molar-refractivity contribution in [3.63, 3.8) is 0 Å². The number of benzene rings is 1. The molecule has 0 N–H and O–H groups in total. The van der Waals surface area contributed by atoms with E-state index in [1.165, 1.54) is 24.3 Å². The standard InChI is InChI=1S/C21H21FN4O3/c1-21(20-24-19(29-25-20)15-7-10-23-11-8-15)9-2-12-26(14-21)18(27)13-28-17-5-3-16(22)4-6-17/h3-8,10-11H,2,9,12-14H2,1H3. The molecule has 0 radical (unpaired) electrons. The third-order valence-electron chi connectivity index (χ3n) is 5.12. The van der Waals surface area contributed by atoms with E-state index in [4.69, 9.17) is 9.26 Å². The molecule has 0 aliphatic carbocycles. The Morgan fingerprint density at radius 2 is 2.00 bits per heavy atom. The summed E-state index contributed by atoms with van der Waals surface area (Å²) < 4.78 is 23.9. The molecule has 1 fully saturated rings. The van der Waals surface area contributed by atoms with Crippen LogP contribution in [0.1, 0.15) is 25.6 Å². The molecule has 1 aliphatic heterocycles. The Kier molecular flexibility index (Phi) is 5.24. The molecule has 1 aromatic carbocycles. The minimum Gasteiger partial charge on any atom is -0.484 e. The van der Waals surface area contributed by atoms with Gasteiger partial charge in [-0.1, -0.05) is 12.1 Å². The van der Waals surface area contributed by atoms with Crippen molar-refractivity contribution in [1.82, 2.24) is 20.0 Å². The molecule has 0 saturated carbocycles. The summed E-state index contributed by atoms with van der Waals surface area (Å²) in [4.78, 5) is 23.0. The van der Waals surface area contributed by atoms with Crippen LogP contribution in [-0.4, -0.2) is 45.6 Å². The zero-order valence-electron chi connectivity index (χ0n) is 16.0. The first-order chi connectivity index (χ1) is 14.0. The Labute approximate surface area is 167 Å². The molecular weight excluding hydrogens is 375 g/mol. The number of hydrogen-bond donors (Lipinski definition) is 0. The minimum atomic E-state index is -0.404. The first-order valence-corrected chi connectivity index (χ1v) is 9.44. The number of amides is 1. The Morgan fingerprint density at radius 1 is 1.24 bits per heavy atom. The Hall–Kier alpha value is -3.29. The van der Waals surface area contributed by atoms with Crippen molar-refractivity contribution in [2.24, 2.45) is 0 Å². The number of ether oxygens (including phenoxy) is 1. The Bertz CT molecular complexity index is 977. The maximum atomic E-state index is 13.0. The van der Waals surface area contributed by atoms with Crippen molar-refractivity contribution < 1.29 is 18.4 Å². The van der Waals surface area contributed by atoms with E-state index in [0.29, 0.717) is 30.6 Å². The quantitative estimate of drug-likeness (QED) is 0.659. The number of piperidine rings is 1. The van der Waals surface area contributed by atoms with Gasteiger partial charge < -0.3 is 14.2 Å². The average molecular weight is 396 g/mol. The molecule has 7 nitrogen and oxygen atoms in total. The molecular formula is C21H21FN4O3. The molecule has 1 amide bonds. The van der Waals surface area contributed by atoms with Gasteiger partial charge in [-0.05, 0) is 49.2 Å². The molecule has 1 aliphatic rings. The molecule has 150 valence electrons. The van der Waals surface area contributed by atoms with Crippen LogP contribution in [0.3, 0.4) is 0 Å². The number of hydrogen-bond acceptors (Lipinski definition) is 6. The van der Waals surface area contributed by atoms with Crippen LogP contribution in [0.5, 0.6) is 5.75 Å². The Morgan fingerprint density at radius 3 is 2.76 bits per heavy atom. The largest absolute Gasteiger partial charge is 0.484 e. The maximum absolute atomic E-state index is 13.0. The number of likely N-dealkylation sites (tertiary alicyclic amines) is 1. The molecule has 4 rings (SSSR count). The summed E-state index contributed by atoms with van der Waals surface area (Å²) in [6.45, 7) is 3.06. The number of nitrogens with zero attached hydrogens (tertiary/aromatic N) is 4. The van der Waals surface area contributed by atoms with E-state index in [-0.39, 0.29) is 18.3 Å². The van der Waals surface area contributed by atoms with Gasteiger partial charge in [0.05, 0.1) is 0 Å². The van der Waals surface area contributed by atoms with Gasteiger partial charge in [-0.15, -0.1) is 0 Å². The third-order valence-corrected chi connectivity index (χ3v) is 5.12. The highest BCUT2D eigenvalue weighted by Crippen LogP contribution is 2.33. The molecule has 0 bridgehead atoms. The van der Waals surface area contributed by atoms with Crippen molar-refractivity contribution in [2.45, 2.75) is 25.2 Å². The summed E-state index contributed by atoms with van der Waals surface area (Å²) in [5.74, 6) is 1.01. The van der Waals surface area contributed by atoms with E-state index in [0.717, 1.165) is 18.4 Å². The van der Waals surface area contributed by atoms with Crippen LogP contribution < -0.4 is 4.74 Å². The van der Waals surface area contributed by atoms with Gasteiger partial charge in [-0.25, -0.2) is 4.39 Å². The molecule has 1 unspecified atom stereocenters. The van der Waals surface area contributed by atoms with Gasteiger partial charge in [0.25, 0.3) is 11.8 Å². The molecule has 3 aromatic rings. The van der Waals surface area contributed by atoms with Crippen LogP contribution >= 0.6 is 0 Å². The summed E-state index contributed by atoms with van der Waals surface area (Å²) in [5, 5.41) is 4.17. The zero-order valence-corrected chi connectivity index (χ0v) is 16.0. The van der Waals surface area contributed by atoms with Crippen LogP contribution in [0.2, 0.25) is 0 Å². The second-order valence-electron chi connectivity index (χ2n) is 7.38. The normalized spacial score (nSPS) is 19.2. The summed E-state index contributed by atoms with van der Waals surface area (Å²) in [6, 6.07) is 9.22. The lowest BCUT2D eigenvalue weighted by Gasteiger charge is -2.38. The monoisotopic (exact) mass is 396 g/mol. The van der Waals surface area contributed by atoms with Gasteiger partial charge in [0, 0.05) is 36.5 Å². The lowest BCUT2D eigenvalue weighted by molar-refractivity contribution is -0.135. The van der Waals surface area contributed by atoms with Gasteiger partial charge in [-0.3, -0.25) is 9.78 Å². The first kappa shape index (κ1) is 19.0. The molecule has 1 saturated heterocycles. The van der Waals surface area contributed by atoms with E-state index in [9.17, 15) is 9.18 Å². The SMILES string of the molecule is CC1(c2noc(-c3ccncc3)n2)CCCN(C(=O)COc2ccc(F)cc2)C1. The van der Waals surface area contributed by atoms with E-state index in [2.05, 4.69) is 15.1 Å². The van der Waals surface area contributed by atoms with Crippen molar-refractivity contribution in [1.29, 1.82) is 0 Å².